The molecule has 0 aliphatic carbocycles. The van der Waals surface area contributed by atoms with E-state index in [0.29, 0.717) is 19.6 Å². The van der Waals surface area contributed by atoms with Crippen LogP contribution in [-0.2, 0) is 6.54 Å². The van der Waals surface area contributed by atoms with Crippen molar-refractivity contribution in [1.82, 2.24) is 29.8 Å². The van der Waals surface area contributed by atoms with Crippen LogP contribution in [-0.4, -0.2) is 49.4 Å². The lowest BCUT2D eigenvalue weighted by molar-refractivity contribution is 0.0711. The van der Waals surface area contributed by atoms with E-state index < -0.39 is 5.91 Å². The topological polar surface area (TPSA) is 101 Å². The van der Waals surface area contributed by atoms with Crippen LogP contribution in [0, 0.1) is 0 Å². The van der Waals surface area contributed by atoms with Gasteiger partial charge in [0.2, 0.25) is 0 Å². The Morgan fingerprint density at radius 1 is 1.15 bits per heavy atom. The standard InChI is InChI=1S/C17H22N6O2S/c1-11(2)13-12(26-22-21-13)10-20-16(24)14-15(19-7-6-18-14)17(25)23-8-4-3-5-9-23/h6-7,11H,3-5,8-10H2,1-2H3,(H,20,24). The third-order valence-electron chi connectivity index (χ3n) is 4.30. The van der Waals surface area contributed by atoms with Crippen LogP contribution < -0.4 is 5.32 Å². The quantitative estimate of drug-likeness (QED) is 0.859. The van der Waals surface area contributed by atoms with Gasteiger partial charge in [0, 0.05) is 25.5 Å². The first-order valence-electron chi connectivity index (χ1n) is 8.77. The normalized spacial score (nSPS) is 14.5. The molecule has 3 heterocycles. The zero-order valence-electron chi connectivity index (χ0n) is 14.9. The van der Waals surface area contributed by atoms with Crippen LogP contribution in [0.3, 0.4) is 0 Å². The maximum Gasteiger partial charge on any atom is 0.274 e. The first kappa shape index (κ1) is 18.4. The summed E-state index contributed by atoms with van der Waals surface area (Å²) in [4.78, 5) is 36.2. The molecule has 2 amide bonds. The van der Waals surface area contributed by atoms with E-state index in [1.165, 1.54) is 23.9 Å². The van der Waals surface area contributed by atoms with Crippen LogP contribution >= 0.6 is 11.5 Å². The lowest BCUT2D eigenvalue weighted by atomic mass is 10.1. The number of carbonyl (C=O) groups is 2. The maximum absolute atomic E-state index is 12.7. The molecule has 3 rings (SSSR count). The van der Waals surface area contributed by atoms with Gasteiger partial charge < -0.3 is 10.2 Å². The highest BCUT2D eigenvalue weighted by molar-refractivity contribution is 7.05. The number of amides is 2. The van der Waals surface area contributed by atoms with Gasteiger partial charge in [0.15, 0.2) is 11.4 Å². The molecule has 1 aliphatic heterocycles. The molecule has 0 bridgehead atoms. The fourth-order valence-corrected chi connectivity index (χ4v) is 3.66. The van der Waals surface area contributed by atoms with Crippen LogP contribution in [0.4, 0.5) is 0 Å². The van der Waals surface area contributed by atoms with Crippen molar-refractivity contribution in [2.75, 3.05) is 13.1 Å². The van der Waals surface area contributed by atoms with Gasteiger partial charge in [-0.3, -0.25) is 9.59 Å². The van der Waals surface area contributed by atoms with Crippen LogP contribution in [0.2, 0.25) is 0 Å². The minimum atomic E-state index is -0.415. The summed E-state index contributed by atoms with van der Waals surface area (Å²) in [6.07, 6.45) is 5.94. The summed E-state index contributed by atoms with van der Waals surface area (Å²) in [7, 11) is 0. The maximum atomic E-state index is 12.7. The molecular weight excluding hydrogens is 352 g/mol. The van der Waals surface area contributed by atoms with Crippen molar-refractivity contribution in [3.63, 3.8) is 0 Å². The largest absolute Gasteiger partial charge is 0.346 e. The second kappa shape index (κ2) is 8.31. The van der Waals surface area contributed by atoms with Gasteiger partial charge in [0.05, 0.1) is 17.1 Å². The van der Waals surface area contributed by atoms with E-state index in [1.807, 2.05) is 13.8 Å². The van der Waals surface area contributed by atoms with Crippen molar-refractivity contribution in [1.29, 1.82) is 0 Å². The lowest BCUT2D eigenvalue weighted by Gasteiger charge is -2.26. The van der Waals surface area contributed by atoms with Gasteiger partial charge in [-0.05, 0) is 36.7 Å². The zero-order valence-corrected chi connectivity index (χ0v) is 15.8. The number of hydrogen-bond acceptors (Lipinski definition) is 7. The SMILES string of the molecule is CC(C)c1nnsc1CNC(=O)c1nccnc1C(=O)N1CCCCC1. The Kier molecular flexibility index (Phi) is 5.87. The Balaban J connectivity index is 1.73. The zero-order chi connectivity index (χ0) is 18.5. The molecule has 0 saturated carbocycles. The van der Waals surface area contributed by atoms with E-state index in [2.05, 4.69) is 24.9 Å². The summed E-state index contributed by atoms with van der Waals surface area (Å²) in [6.45, 7) is 5.75. The monoisotopic (exact) mass is 374 g/mol. The predicted octanol–water partition coefficient (Wildman–Crippen LogP) is 2.01. The summed E-state index contributed by atoms with van der Waals surface area (Å²) < 4.78 is 3.95. The van der Waals surface area contributed by atoms with Gasteiger partial charge in [-0.2, -0.15) is 0 Å². The van der Waals surface area contributed by atoms with E-state index >= 15 is 0 Å². The fraction of sp³-hybridized carbons (Fsp3) is 0.529. The fourth-order valence-electron chi connectivity index (χ4n) is 2.93. The Morgan fingerprint density at radius 3 is 2.54 bits per heavy atom. The molecular formula is C17H22N6O2S. The van der Waals surface area contributed by atoms with E-state index in [4.69, 9.17) is 0 Å². The highest BCUT2D eigenvalue weighted by Gasteiger charge is 2.26. The highest BCUT2D eigenvalue weighted by Crippen LogP contribution is 2.19. The molecule has 1 fully saturated rings. The van der Waals surface area contributed by atoms with Gasteiger partial charge in [0.25, 0.3) is 11.8 Å². The number of nitrogens with zero attached hydrogens (tertiary/aromatic N) is 5. The molecule has 2 aromatic heterocycles. The van der Waals surface area contributed by atoms with Crippen LogP contribution in [0.5, 0.6) is 0 Å². The molecule has 1 aliphatic rings. The Bertz CT molecular complexity index is 785. The lowest BCUT2D eigenvalue weighted by Crippen LogP contribution is -2.38. The summed E-state index contributed by atoms with van der Waals surface area (Å²) in [5.74, 6) is -0.416. The van der Waals surface area contributed by atoms with E-state index in [9.17, 15) is 9.59 Å². The summed E-state index contributed by atoms with van der Waals surface area (Å²) in [5.41, 5.74) is 1.05. The predicted molar refractivity (Wildman–Crippen MR) is 97.0 cm³/mol. The molecule has 0 aromatic carbocycles. The van der Waals surface area contributed by atoms with E-state index in [1.54, 1.807) is 4.90 Å². The second-order valence-corrected chi connectivity index (χ2v) is 7.36. The molecule has 8 nitrogen and oxygen atoms in total. The van der Waals surface area contributed by atoms with Crippen LogP contribution in [0.25, 0.3) is 0 Å². The summed E-state index contributed by atoms with van der Waals surface area (Å²) >= 11 is 1.26. The molecule has 2 aromatic rings. The number of rotatable bonds is 5. The van der Waals surface area contributed by atoms with E-state index in [-0.39, 0.29) is 23.2 Å². The first-order chi connectivity index (χ1) is 12.6. The number of likely N-dealkylation sites (tertiary alicyclic amines) is 1. The number of piperidine rings is 1. The molecule has 0 atom stereocenters. The molecule has 0 radical (unpaired) electrons. The number of hydrogen-bond donors (Lipinski definition) is 1. The Labute approximate surface area is 156 Å². The third-order valence-corrected chi connectivity index (χ3v) is 5.04. The number of carbonyl (C=O) groups excluding carboxylic acids is 2. The molecule has 9 heteroatoms. The second-order valence-electron chi connectivity index (χ2n) is 6.53. The minimum absolute atomic E-state index is 0.0617. The van der Waals surface area contributed by atoms with Gasteiger partial charge in [-0.1, -0.05) is 18.3 Å². The average molecular weight is 374 g/mol. The Morgan fingerprint density at radius 2 is 1.85 bits per heavy atom. The van der Waals surface area contributed by atoms with Crippen molar-refractivity contribution in [2.45, 2.75) is 45.6 Å². The molecule has 0 spiro atoms. The molecule has 1 saturated heterocycles. The molecule has 138 valence electrons. The molecule has 1 N–H and O–H groups in total. The first-order valence-corrected chi connectivity index (χ1v) is 9.55. The van der Waals surface area contributed by atoms with Gasteiger partial charge in [-0.25, -0.2) is 9.97 Å². The van der Waals surface area contributed by atoms with Gasteiger partial charge >= 0.3 is 0 Å². The number of nitrogens with one attached hydrogen (secondary N) is 1. The van der Waals surface area contributed by atoms with Crippen molar-refractivity contribution in [3.8, 4) is 0 Å². The minimum Gasteiger partial charge on any atom is -0.346 e. The van der Waals surface area contributed by atoms with Crippen molar-refractivity contribution in [2.24, 2.45) is 0 Å². The van der Waals surface area contributed by atoms with Crippen molar-refractivity contribution in [3.05, 3.63) is 34.4 Å². The van der Waals surface area contributed by atoms with Crippen LogP contribution in [0.15, 0.2) is 12.4 Å². The Hall–Kier alpha value is -2.42. The van der Waals surface area contributed by atoms with E-state index in [0.717, 1.165) is 29.8 Å². The van der Waals surface area contributed by atoms with Crippen molar-refractivity contribution < 1.29 is 9.59 Å². The average Bonchev–Trinajstić information content (AvgIpc) is 3.15. The molecule has 26 heavy (non-hydrogen) atoms. The van der Waals surface area contributed by atoms with Crippen LogP contribution in [0.1, 0.15) is 70.6 Å². The smallest absolute Gasteiger partial charge is 0.274 e. The summed E-state index contributed by atoms with van der Waals surface area (Å²) in [6, 6.07) is 0. The van der Waals surface area contributed by atoms with Gasteiger partial charge in [-0.15, -0.1) is 5.10 Å². The van der Waals surface area contributed by atoms with Crippen molar-refractivity contribution >= 4 is 23.3 Å². The summed E-state index contributed by atoms with van der Waals surface area (Å²) in [5, 5.41) is 6.91. The molecule has 0 unspecified atom stereocenters. The number of aromatic nitrogens is 4. The highest BCUT2D eigenvalue weighted by atomic mass is 32.1. The third kappa shape index (κ3) is 4.04. The van der Waals surface area contributed by atoms with Gasteiger partial charge in [0.1, 0.15) is 0 Å².